The first-order valence-electron chi connectivity index (χ1n) is 8.83. The predicted molar refractivity (Wildman–Crippen MR) is 105 cm³/mol. The van der Waals surface area contributed by atoms with Gasteiger partial charge in [-0.3, -0.25) is 4.79 Å². The average molecular weight is 366 g/mol. The summed E-state index contributed by atoms with van der Waals surface area (Å²) in [5, 5.41) is 11.9. The van der Waals surface area contributed by atoms with Crippen LogP contribution in [0.3, 0.4) is 0 Å². The molecule has 0 saturated heterocycles. The van der Waals surface area contributed by atoms with E-state index in [9.17, 15) is 9.90 Å². The normalized spacial score (nSPS) is 19.5. The Hall–Kier alpha value is -2.27. The molecule has 3 heterocycles. The molecule has 1 unspecified atom stereocenters. The Labute approximate surface area is 157 Å². The van der Waals surface area contributed by atoms with Crippen molar-refractivity contribution in [2.75, 3.05) is 6.26 Å². The number of thioether (sulfide) groups is 1. The van der Waals surface area contributed by atoms with Crippen molar-refractivity contribution in [3.8, 4) is 0 Å². The smallest absolute Gasteiger partial charge is 0.311 e. The molecule has 26 heavy (non-hydrogen) atoms. The molecule has 5 heteroatoms. The van der Waals surface area contributed by atoms with Crippen LogP contribution < -0.4 is 0 Å². The molecule has 1 atom stereocenters. The second-order valence-electron chi connectivity index (χ2n) is 7.28. The molecular formula is C21H22N2O2S. The van der Waals surface area contributed by atoms with Gasteiger partial charge in [0.05, 0.1) is 10.4 Å². The van der Waals surface area contributed by atoms with Gasteiger partial charge >= 0.3 is 5.97 Å². The summed E-state index contributed by atoms with van der Waals surface area (Å²) >= 11 is 1.64. The van der Waals surface area contributed by atoms with Gasteiger partial charge < -0.3 is 9.67 Å². The lowest BCUT2D eigenvalue weighted by molar-refractivity contribution is -0.149. The fourth-order valence-corrected chi connectivity index (χ4v) is 4.29. The largest absolute Gasteiger partial charge is 0.481 e. The van der Waals surface area contributed by atoms with E-state index in [-0.39, 0.29) is 0 Å². The summed E-state index contributed by atoms with van der Waals surface area (Å²) in [5.41, 5.74) is 4.21. The van der Waals surface area contributed by atoms with Crippen molar-refractivity contribution in [1.82, 2.24) is 9.55 Å². The summed E-state index contributed by atoms with van der Waals surface area (Å²) in [4.78, 5) is 16.3. The number of carbonyl (C=O) groups is 1. The van der Waals surface area contributed by atoms with Gasteiger partial charge in [0.1, 0.15) is 0 Å². The van der Waals surface area contributed by atoms with Gasteiger partial charge in [-0.25, -0.2) is 4.98 Å². The Morgan fingerprint density at radius 1 is 1.31 bits per heavy atom. The van der Waals surface area contributed by atoms with Gasteiger partial charge in [-0.05, 0) is 49.3 Å². The van der Waals surface area contributed by atoms with Crippen LogP contribution in [0.4, 0.5) is 0 Å². The molecule has 1 aromatic carbocycles. The van der Waals surface area contributed by atoms with E-state index in [1.807, 2.05) is 25.4 Å². The third-order valence-electron chi connectivity index (χ3n) is 5.52. The van der Waals surface area contributed by atoms with Gasteiger partial charge in [-0.15, -0.1) is 11.8 Å². The van der Waals surface area contributed by atoms with Crippen molar-refractivity contribution in [1.29, 1.82) is 0 Å². The molecule has 4 rings (SSSR count). The Morgan fingerprint density at radius 3 is 2.81 bits per heavy atom. The van der Waals surface area contributed by atoms with E-state index in [1.165, 1.54) is 22.2 Å². The highest BCUT2D eigenvalue weighted by Gasteiger charge is 2.38. The summed E-state index contributed by atoms with van der Waals surface area (Å²) in [6.07, 6.45) is 6.28. The molecule has 0 saturated carbocycles. The van der Waals surface area contributed by atoms with Crippen molar-refractivity contribution in [2.45, 2.75) is 37.8 Å². The van der Waals surface area contributed by atoms with Gasteiger partial charge in [-0.2, -0.15) is 0 Å². The average Bonchev–Trinajstić information content (AvgIpc) is 2.95. The zero-order chi connectivity index (χ0) is 18.3. The Morgan fingerprint density at radius 2 is 2.12 bits per heavy atom. The number of hydrogen-bond donors (Lipinski definition) is 1. The SMILES string of the molecule is CSc1ccc(Cc2c3n(c4ccccc24)CC(C)(C(=O)O)CC3)cn1. The summed E-state index contributed by atoms with van der Waals surface area (Å²) in [6, 6.07) is 12.5. The molecule has 0 amide bonds. The Kier molecular flexibility index (Phi) is 4.27. The summed E-state index contributed by atoms with van der Waals surface area (Å²) < 4.78 is 2.23. The number of fused-ring (bicyclic) bond motifs is 3. The van der Waals surface area contributed by atoms with E-state index in [4.69, 9.17) is 0 Å². The lowest BCUT2D eigenvalue weighted by atomic mass is 9.81. The van der Waals surface area contributed by atoms with Crippen LogP contribution in [0.1, 0.15) is 30.2 Å². The number of hydrogen-bond acceptors (Lipinski definition) is 3. The molecule has 1 aliphatic heterocycles. The zero-order valence-corrected chi connectivity index (χ0v) is 15.8. The van der Waals surface area contributed by atoms with Crippen LogP contribution in [0, 0.1) is 5.41 Å². The van der Waals surface area contributed by atoms with Crippen LogP contribution in [0.2, 0.25) is 0 Å². The lowest BCUT2D eigenvalue weighted by Gasteiger charge is -2.32. The minimum absolute atomic E-state index is 0.530. The minimum Gasteiger partial charge on any atom is -0.481 e. The molecule has 0 bridgehead atoms. The first-order chi connectivity index (χ1) is 12.5. The molecule has 2 aromatic heterocycles. The molecule has 1 N–H and O–H groups in total. The van der Waals surface area contributed by atoms with Gasteiger partial charge in [0.25, 0.3) is 0 Å². The molecule has 134 valence electrons. The number of carboxylic acid groups (broad SMARTS) is 1. The summed E-state index contributed by atoms with van der Waals surface area (Å²) in [6.45, 7) is 2.39. The Balaban J connectivity index is 1.80. The van der Waals surface area contributed by atoms with E-state index in [2.05, 4.69) is 39.9 Å². The van der Waals surface area contributed by atoms with Crippen LogP contribution in [0.5, 0.6) is 0 Å². The quantitative estimate of drug-likeness (QED) is 0.696. The predicted octanol–water partition coefficient (Wildman–Crippen LogP) is 4.39. The number of pyridine rings is 1. The Bertz CT molecular complexity index is 978. The van der Waals surface area contributed by atoms with E-state index in [0.29, 0.717) is 13.0 Å². The summed E-state index contributed by atoms with van der Waals surface area (Å²) in [5.74, 6) is -0.709. The molecule has 1 aliphatic rings. The number of carboxylic acids is 1. The molecule has 0 spiro atoms. The third kappa shape index (κ3) is 2.80. The fourth-order valence-electron chi connectivity index (χ4n) is 3.93. The van der Waals surface area contributed by atoms with Crippen molar-refractivity contribution in [3.05, 3.63) is 59.4 Å². The zero-order valence-electron chi connectivity index (χ0n) is 15.0. The van der Waals surface area contributed by atoms with Gasteiger partial charge in [-0.1, -0.05) is 24.3 Å². The van der Waals surface area contributed by atoms with Crippen LogP contribution in [0.25, 0.3) is 10.9 Å². The van der Waals surface area contributed by atoms with Gasteiger partial charge in [0.2, 0.25) is 0 Å². The van der Waals surface area contributed by atoms with E-state index in [0.717, 1.165) is 23.4 Å². The number of para-hydroxylation sites is 1. The highest BCUT2D eigenvalue weighted by molar-refractivity contribution is 7.98. The third-order valence-corrected chi connectivity index (χ3v) is 6.18. The standard InChI is InChI=1S/C21H22N2O2S/c1-21(20(24)25)10-9-18-16(11-14-7-8-19(26-2)22-12-14)15-5-3-4-6-17(15)23(18)13-21/h3-8,12H,9-11,13H2,1-2H3,(H,24,25). The maximum Gasteiger partial charge on any atom is 0.311 e. The van der Waals surface area contributed by atoms with Crippen LogP contribution in [-0.4, -0.2) is 26.9 Å². The highest BCUT2D eigenvalue weighted by atomic mass is 32.2. The summed E-state index contributed by atoms with van der Waals surface area (Å²) in [7, 11) is 0. The van der Waals surface area contributed by atoms with E-state index in [1.54, 1.807) is 11.8 Å². The van der Waals surface area contributed by atoms with Crippen molar-refractivity contribution >= 4 is 28.6 Å². The minimum atomic E-state index is -0.709. The van der Waals surface area contributed by atoms with Crippen LogP contribution >= 0.6 is 11.8 Å². The van der Waals surface area contributed by atoms with Crippen LogP contribution in [-0.2, 0) is 24.2 Å². The number of aliphatic carboxylic acids is 1. The molecular weight excluding hydrogens is 344 g/mol. The number of nitrogens with zero attached hydrogens (tertiary/aromatic N) is 2. The first-order valence-corrected chi connectivity index (χ1v) is 10.1. The molecule has 0 aliphatic carbocycles. The highest BCUT2D eigenvalue weighted by Crippen LogP contribution is 2.39. The topological polar surface area (TPSA) is 55.1 Å². The fraction of sp³-hybridized carbons (Fsp3) is 0.333. The number of benzene rings is 1. The number of rotatable bonds is 4. The van der Waals surface area contributed by atoms with Crippen LogP contribution in [0.15, 0.2) is 47.6 Å². The molecule has 4 nitrogen and oxygen atoms in total. The second kappa shape index (κ2) is 6.47. The first kappa shape index (κ1) is 17.2. The van der Waals surface area contributed by atoms with E-state index < -0.39 is 11.4 Å². The van der Waals surface area contributed by atoms with E-state index >= 15 is 0 Å². The molecule has 0 radical (unpaired) electrons. The maximum absolute atomic E-state index is 11.8. The van der Waals surface area contributed by atoms with Gasteiger partial charge in [0.15, 0.2) is 0 Å². The van der Waals surface area contributed by atoms with Gasteiger partial charge in [0, 0.05) is 35.8 Å². The monoisotopic (exact) mass is 366 g/mol. The van der Waals surface area contributed by atoms with Crippen molar-refractivity contribution < 1.29 is 9.90 Å². The molecule has 3 aromatic rings. The lowest BCUT2D eigenvalue weighted by Crippen LogP contribution is -2.37. The second-order valence-corrected chi connectivity index (χ2v) is 8.11. The van der Waals surface area contributed by atoms with Crippen molar-refractivity contribution in [2.24, 2.45) is 5.41 Å². The van der Waals surface area contributed by atoms with Crippen molar-refractivity contribution in [3.63, 3.8) is 0 Å². The molecule has 0 fully saturated rings. The maximum atomic E-state index is 11.8. The number of aromatic nitrogens is 2.